The van der Waals surface area contributed by atoms with Crippen LogP contribution in [0.4, 0.5) is 0 Å². The smallest absolute Gasteiger partial charge is 0.262 e. The number of rotatable bonds is 7. The van der Waals surface area contributed by atoms with Gasteiger partial charge in [-0.1, -0.05) is 39.4 Å². The molecule has 4 rings (SSSR count). The molecule has 0 aliphatic heterocycles. The summed E-state index contributed by atoms with van der Waals surface area (Å²) in [6.07, 6.45) is 4.33. The Morgan fingerprint density at radius 3 is 2.67 bits per heavy atom. The van der Waals surface area contributed by atoms with Crippen LogP contribution in [0.5, 0.6) is 5.75 Å². The molecule has 0 bridgehead atoms. The summed E-state index contributed by atoms with van der Waals surface area (Å²) in [4.78, 5) is 0. The summed E-state index contributed by atoms with van der Waals surface area (Å²) in [6.45, 7) is 0.445. The van der Waals surface area contributed by atoms with Crippen molar-refractivity contribution in [2.24, 2.45) is 0 Å². The van der Waals surface area contributed by atoms with Gasteiger partial charge in [0, 0.05) is 34.2 Å². The van der Waals surface area contributed by atoms with Gasteiger partial charge in [-0.15, -0.1) is 11.3 Å². The first-order valence-electron chi connectivity index (χ1n) is 9.13. The van der Waals surface area contributed by atoms with Crippen LogP contribution in [0, 0.1) is 0 Å². The normalized spacial score (nSPS) is 12.4. The van der Waals surface area contributed by atoms with E-state index < -0.39 is 10.1 Å². The fraction of sp³-hybridized carbons (Fsp3) is 0.190. The lowest BCUT2D eigenvalue weighted by Crippen LogP contribution is -2.36. The molecule has 156 valence electrons. The number of nitrogens with zero attached hydrogens (tertiary/aromatic N) is 1. The van der Waals surface area contributed by atoms with Crippen molar-refractivity contribution in [3.8, 4) is 5.75 Å². The largest absolute Gasteiger partial charge is 0.748 e. The van der Waals surface area contributed by atoms with Gasteiger partial charge in [0.2, 0.25) is 5.52 Å². The summed E-state index contributed by atoms with van der Waals surface area (Å²) in [7, 11) is -2.58. The van der Waals surface area contributed by atoms with Gasteiger partial charge in [0.25, 0.3) is 5.01 Å². The number of thiazole rings is 1. The van der Waals surface area contributed by atoms with Crippen molar-refractivity contribution < 1.29 is 22.3 Å². The fourth-order valence-corrected chi connectivity index (χ4v) is 6.24. The van der Waals surface area contributed by atoms with Gasteiger partial charge in [-0.2, -0.15) is 4.57 Å². The Hall–Kier alpha value is -1.78. The van der Waals surface area contributed by atoms with Crippen molar-refractivity contribution in [1.82, 2.24) is 0 Å². The van der Waals surface area contributed by atoms with Crippen molar-refractivity contribution in [2.75, 3.05) is 12.9 Å². The Labute approximate surface area is 191 Å². The number of fused-ring (bicyclic) bond motifs is 3. The zero-order valence-electron chi connectivity index (χ0n) is 16.0. The van der Waals surface area contributed by atoms with Gasteiger partial charge >= 0.3 is 0 Å². The number of hydrogen-bond acceptors (Lipinski definition) is 6. The first kappa shape index (κ1) is 21.5. The quantitative estimate of drug-likeness (QED) is 0.244. The zero-order chi connectivity index (χ0) is 21.3. The Bertz CT molecular complexity index is 1340. The molecule has 9 heteroatoms. The molecule has 0 N–H and O–H groups in total. The van der Waals surface area contributed by atoms with Crippen LogP contribution in [0.1, 0.15) is 17.0 Å². The third kappa shape index (κ3) is 4.60. The minimum atomic E-state index is -4.24. The number of ether oxygens (including phenoxy) is 1. The molecule has 0 fully saturated rings. The van der Waals surface area contributed by atoms with Gasteiger partial charge in [0.1, 0.15) is 15.1 Å². The summed E-state index contributed by atoms with van der Waals surface area (Å²) in [5.41, 5.74) is 2.10. The van der Waals surface area contributed by atoms with E-state index in [2.05, 4.69) is 20.5 Å². The topological polar surface area (TPSA) is 70.3 Å². The van der Waals surface area contributed by atoms with E-state index in [-0.39, 0.29) is 12.2 Å². The van der Waals surface area contributed by atoms with Crippen LogP contribution in [0.15, 0.2) is 46.3 Å². The van der Waals surface area contributed by atoms with Crippen molar-refractivity contribution in [1.29, 1.82) is 0 Å². The molecular weight excluding hydrogens is 506 g/mol. The van der Waals surface area contributed by atoms with Crippen LogP contribution in [0.25, 0.3) is 32.5 Å². The maximum atomic E-state index is 11.1. The van der Waals surface area contributed by atoms with Crippen LogP contribution in [0.2, 0.25) is 0 Å². The van der Waals surface area contributed by atoms with Gasteiger partial charge in [-0.25, -0.2) is 8.42 Å². The number of aryl methyl sites for hydroxylation is 1. The molecule has 0 saturated carbocycles. The molecular formula is C21H18BrNO4S3. The fourth-order valence-electron chi connectivity index (χ4n) is 3.33. The molecule has 2 heterocycles. The van der Waals surface area contributed by atoms with Gasteiger partial charge in [-0.3, -0.25) is 0 Å². The van der Waals surface area contributed by atoms with E-state index in [1.807, 2.05) is 53.9 Å². The molecule has 0 atom stereocenters. The Morgan fingerprint density at radius 1 is 1.20 bits per heavy atom. The van der Waals surface area contributed by atoms with Crippen molar-refractivity contribution >= 4 is 81.2 Å². The van der Waals surface area contributed by atoms with E-state index in [0.29, 0.717) is 6.54 Å². The van der Waals surface area contributed by atoms with E-state index in [1.54, 1.807) is 29.8 Å². The lowest BCUT2D eigenvalue weighted by atomic mass is 10.2. The summed E-state index contributed by atoms with van der Waals surface area (Å²) < 4.78 is 44.2. The Kier molecular flexibility index (Phi) is 6.26. The summed E-state index contributed by atoms with van der Waals surface area (Å²) in [5, 5.41) is 4.04. The number of thiophene rings is 1. The minimum absolute atomic E-state index is 0.264. The number of halogens is 1. The molecule has 0 unspecified atom stereocenters. The van der Waals surface area contributed by atoms with Gasteiger partial charge in [-0.05, 0) is 35.2 Å². The second kappa shape index (κ2) is 8.76. The van der Waals surface area contributed by atoms with Crippen LogP contribution < -0.4 is 9.30 Å². The lowest BCUT2D eigenvalue weighted by molar-refractivity contribution is -0.667. The molecule has 0 spiro atoms. The van der Waals surface area contributed by atoms with E-state index >= 15 is 0 Å². The van der Waals surface area contributed by atoms with Crippen LogP contribution in [-0.2, 0) is 16.7 Å². The van der Waals surface area contributed by atoms with Crippen molar-refractivity contribution in [2.45, 2.75) is 13.0 Å². The third-order valence-corrected chi connectivity index (χ3v) is 8.01. The zero-order valence-corrected chi connectivity index (χ0v) is 20.0. The van der Waals surface area contributed by atoms with Crippen LogP contribution >= 0.6 is 38.6 Å². The number of aromatic nitrogens is 1. The lowest BCUT2D eigenvalue weighted by Gasteiger charge is -2.05. The third-order valence-electron chi connectivity index (χ3n) is 4.68. The molecule has 0 saturated heterocycles. The minimum Gasteiger partial charge on any atom is -0.748 e. The summed E-state index contributed by atoms with van der Waals surface area (Å²) in [5.74, 6) is 0.439. The molecule has 2 aromatic carbocycles. The van der Waals surface area contributed by atoms with Gasteiger partial charge in [0.15, 0.2) is 6.54 Å². The second-order valence-electron chi connectivity index (χ2n) is 6.68. The average molecular weight is 524 g/mol. The van der Waals surface area contributed by atoms with Crippen LogP contribution in [-0.4, -0.2) is 25.8 Å². The molecule has 0 radical (unpaired) electrons. The second-order valence-corrected chi connectivity index (χ2v) is 11.1. The first-order chi connectivity index (χ1) is 14.4. The number of methoxy groups -OCH3 is 1. The van der Waals surface area contributed by atoms with E-state index in [0.717, 1.165) is 41.1 Å². The highest BCUT2D eigenvalue weighted by atomic mass is 79.9. The highest BCUT2D eigenvalue weighted by Gasteiger charge is 2.24. The highest BCUT2D eigenvalue weighted by molar-refractivity contribution is 9.10. The Morgan fingerprint density at radius 2 is 1.97 bits per heavy atom. The summed E-state index contributed by atoms with van der Waals surface area (Å²) >= 11 is 6.69. The molecule has 30 heavy (non-hydrogen) atoms. The van der Waals surface area contributed by atoms with Crippen molar-refractivity contribution in [3.05, 3.63) is 56.8 Å². The number of hydrogen-bond donors (Lipinski definition) is 0. The van der Waals surface area contributed by atoms with Gasteiger partial charge in [0.05, 0.1) is 17.2 Å². The Balaban J connectivity index is 1.82. The highest BCUT2D eigenvalue weighted by Crippen LogP contribution is 2.38. The number of benzene rings is 2. The molecule has 2 aromatic heterocycles. The van der Waals surface area contributed by atoms with Crippen LogP contribution in [0.3, 0.4) is 0 Å². The van der Waals surface area contributed by atoms with E-state index in [9.17, 15) is 13.0 Å². The predicted octanol–water partition coefficient (Wildman–Crippen LogP) is 5.28. The summed E-state index contributed by atoms with van der Waals surface area (Å²) in [6, 6.07) is 12.0. The molecule has 0 amide bonds. The van der Waals surface area contributed by atoms with Gasteiger partial charge < -0.3 is 9.29 Å². The van der Waals surface area contributed by atoms with E-state index in [4.69, 9.17) is 4.74 Å². The first-order valence-corrected chi connectivity index (χ1v) is 13.2. The maximum absolute atomic E-state index is 11.1. The molecule has 0 aliphatic carbocycles. The van der Waals surface area contributed by atoms with E-state index in [1.165, 1.54) is 0 Å². The molecule has 5 nitrogen and oxygen atoms in total. The standard InChI is InChI=1S/C21H18BrNO4S3/c1-27-17-13-18-20(21-16(17)9-11-28-21)23(10-2-12-30(24,25)26)19(29-18)8-5-14-3-6-15(22)7-4-14/h3-9,11,13H,2,10,12H2,1H3/b8-5+. The molecule has 0 aliphatic rings. The monoisotopic (exact) mass is 523 g/mol. The molecule has 4 aromatic rings. The predicted molar refractivity (Wildman–Crippen MR) is 126 cm³/mol. The van der Waals surface area contributed by atoms with Crippen molar-refractivity contribution in [3.63, 3.8) is 0 Å². The maximum Gasteiger partial charge on any atom is 0.262 e. The average Bonchev–Trinajstić information content (AvgIpc) is 3.30. The SMILES string of the molecule is COc1cc2sc(/C=C/c3ccc(Br)cc3)[n+](CCCS(=O)(=O)[O-])c2c2sccc12.